The zero-order valence-electron chi connectivity index (χ0n) is 10.6. The second-order valence-corrected chi connectivity index (χ2v) is 5.36. The summed E-state index contributed by atoms with van der Waals surface area (Å²) >= 11 is 0. The third kappa shape index (κ3) is 1.87. The molecular formula is C13H16N4O2. The summed E-state index contributed by atoms with van der Waals surface area (Å²) in [5, 5.41) is 0. The van der Waals surface area contributed by atoms with Gasteiger partial charge in [0.05, 0.1) is 6.20 Å². The van der Waals surface area contributed by atoms with E-state index in [2.05, 4.69) is 26.4 Å². The van der Waals surface area contributed by atoms with E-state index in [0.717, 1.165) is 6.54 Å². The molecule has 0 aromatic carbocycles. The van der Waals surface area contributed by atoms with Gasteiger partial charge in [-0.1, -0.05) is 0 Å². The summed E-state index contributed by atoms with van der Waals surface area (Å²) in [4.78, 5) is 16.4. The minimum absolute atomic E-state index is 0.228. The number of hydrogen-bond acceptors (Lipinski definition) is 6. The summed E-state index contributed by atoms with van der Waals surface area (Å²) in [6, 6.07) is 0. The molecule has 1 aromatic heterocycles. The molecule has 2 bridgehead atoms. The molecule has 4 aliphatic heterocycles. The molecule has 3 fully saturated rings. The molecule has 1 N–H and O–H groups in total. The number of ether oxygens (including phenoxy) is 1. The van der Waals surface area contributed by atoms with Crippen LogP contribution in [0.5, 0.6) is 5.88 Å². The van der Waals surface area contributed by atoms with Crippen LogP contribution in [0.25, 0.3) is 0 Å². The topological polar surface area (TPSA) is 59.5 Å². The molecule has 3 saturated heterocycles. The van der Waals surface area contributed by atoms with Gasteiger partial charge in [-0.15, -0.1) is 0 Å². The molecule has 1 atom stereocenters. The fraction of sp³-hybridized carbons (Fsp3) is 0.538. The molecule has 0 saturated carbocycles. The van der Waals surface area contributed by atoms with Crippen LogP contribution in [0.3, 0.4) is 0 Å². The highest BCUT2D eigenvalue weighted by Gasteiger charge is 2.50. The number of hydroxylamine groups is 1. The van der Waals surface area contributed by atoms with Crippen LogP contribution in [0.15, 0.2) is 30.5 Å². The van der Waals surface area contributed by atoms with E-state index in [1.54, 1.807) is 18.6 Å². The molecule has 1 aromatic rings. The van der Waals surface area contributed by atoms with Gasteiger partial charge >= 0.3 is 0 Å². The molecule has 6 heteroatoms. The van der Waals surface area contributed by atoms with Gasteiger partial charge in [-0.05, 0) is 31.8 Å². The fourth-order valence-electron chi connectivity index (χ4n) is 3.26. The van der Waals surface area contributed by atoms with Crippen molar-refractivity contribution in [2.24, 2.45) is 5.92 Å². The molecule has 0 aliphatic carbocycles. The Morgan fingerprint density at radius 3 is 2.95 bits per heavy atom. The molecule has 0 amide bonds. The fourth-order valence-corrected chi connectivity index (χ4v) is 3.26. The Morgan fingerprint density at radius 2 is 2.26 bits per heavy atom. The lowest BCUT2D eigenvalue weighted by molar-refractivity contribution is -0.141. The second-order valence-electron chi connectivity index (χ2n) is 5.36. The van der Waals surface area contributed by atoms with Crippen LogP contribution >= 0.6 is 0 Å². The van der Waals surface area contributed by atoms with Crippen LogP contribution in [0, 0.1) is 5.92 Å². The summed E-state index contributed by atoms with van der Waals surface area (Å²) in [6.07, 6.45) is 9.26. The van der Waals surface area contributed by atoms with Gasteiger partial charge in [-0.25, -0.2) is 10.5 Å². The lowest BCUT2D eigenvalue weighted by Gasteiger charge is -2.48. The molecule has 4 aliphatic rings. The van der Waals surface area contributed by atoms with Gasteiger partial charge < -0.3 is 4.74 Å². The van der Waals surface area contributed by atoms with Crippen molar-refractivity contribution in [2.45, 2.75) is 18.4 Å². The van der Waals surface area contributed by atoms with E-state index < -0.39 is 0 Å². The van der Waals surface area contributed by atoms with Crippen molar-refractivity contribution >= 4 is 0 Å². The van der Waals surface area contributed by atoms with Crippen LogP contribution in [0.1, 0.15) is 12.8 Å². The Labute approximate surface area is 111 Å². The summed E-state index contributed by atoms with van der Waals surface area (Å²) in [6.45, 7) is 3.31. The lowest BCUT2D eigenvalue weighted by Crippen LogP contribution is -2.58. The molecule has 6 nitrogen and oxygen atoms in total. The van der Waals surface area contributed by atoms with Crippen LogP contribution in [-0.4, -0.2) is 40.1 Å². The Kier molecular flexibility index (Phi) is 2.46. The molecule has 19 heavy (non-hydrogen) atoms. The Hall–Kier alpha value is -1.66. The van der Waals surface area contributed by atoms with Crippen molar-refractivity contribution < 1.29 is 9.57 Å². The SMILES string of the molecule is C1=C(Oc2cnccn2)NOC12CN1CCC2CC1. The minimum atomic E-state index is -0.228. The van der Waals surface area contributed by atoms with E-state index in [1.807, 2.05) is 0 Å². The van der Waals surface area contributed by atoms with Gasteiger partial charge in [-0.2, -0.15) is 0 Å². The first-order chi connectivity index (χ1) is 9.34. The van der Waals surface area contributed by atoms with Crippen molar-refractivity contribution in [2.75, 3.05) is 19.6 Å². The third-order valence-corrected chi connectivity index (χ3v) is 4.22. The van der Waals surface area contributed by atoms with E-state index in [-0.39, 0.29) is 5.60 Å². The maximum absolute atomic E-state index is 5.84. The summed E-state index contributed by atoms with van der Waals surface area (Å²) < 4.78 is 5.64. The number of rotatable bonds is 2. The average molecular weight is 260 g/mol. The number of nitrogens with one attached hydrogen (secondary N) is 1. The van der Waals surface area contributed by atoms with Crippen molar-refractivity contribution in [3.05, 3.63) is 30.5 Å². The average Bonchev–Trinajstić information content (AvgIpc) is 2.84. The van der Waals surface area contributed by atoms with Crippen LogP contribution in [0.2, 0.25) is 0 Å². The Morgan fingerprint density at radius 1 is 1.37 bits per heavy atom. The number of fused-ring (bicyclic) bond motifs is 2. The highest BCUT2D eigenvalue weighted by molar-refractivity contribution is 5.19. The zero-order chi connectivity index (χ0) is 12.7. The monoisotopic (exact) mass is 260 g/mol. The van der Waals surface area contributed by atoms with E-state index in [0.29, 0.717) is 17.7 Å². The van der Waals surface area contributed by atoms with E-state index in [1.165, 1.54) is 25.9 Å². The highest BCUT2D eigenvalue weighted by Crippen LogP contribution is 2.41. The highest BCUT2D eigenvalue weighted by atomic mass is 16.7. The third-order valence-electron chi connectivity index (χ3n) is 4.22. The standard InChI is InChI=1S/C13H16N4O2/c1-5-17-6-2-10(1)13(9-17)7-11(16-19-13)18-12-8-14-3-4-15-12/h3-4,7-8,10,16H,1-2,5-6,9H2. The smallest absolute Gasteiger partial charge is 0.239 e. The van der Waals surface area contributed by atoms with Crippen molar-refractivity contribution in [1.29, 1.82) is 0 Å². The maximum Gasteiger partial charge on any atom is 0.239 e. The Bertz CT molecular complexity index is 499. The number of piperidine rings is 3. The molecule has 5 heterocycles. The Balaban J connectivity index is 1.55. The minimum Gasteiger partial charge on any atom is -0.419 e. The summed E-state index contributed by atoms with van der Waals surface area (Å²) in [7, 11) is 0. The van der Waals surface area contributed by atoms with E-state index >= 15 is 0 Å². The van der Waals surface area contributed by atoms with Gasteiger partial charge in [0, 0.05) is 25.0 Å². The van der Waals surface area contributed by atoms with E-state index in [4.69, 9.17) is 9.57 Å². The molecule has 100 valence electrons. The largest absolute Gasteiger partial charge is 0.419 e. The zero-order valence-corrected chi connectivity index (χ0v) is 10.6. The number of nitrogens with zero attached hydrogens (tertiary/aromatic N) is 3. The second kappa shape index (κ2) is 4.18. The van der Waals surface area contributed by atoms with Crippen molar-refractivity contribution in [3.8, 4) is 5.88 Å². The molecular weight excluding hydrogens is 244 g/mol. The normalized spacial score (nSPS) is 36.1. The predicted molar refractivity (Wildman–Crippen MR) is 66.9 cm³/mol. The van der Waals surface area contributed by atoms with Gasteiger partial charge in [-0.3, -0.25) is 14.7 Å². The van der Waals surface area contributed by atoms with Gasteiger partial charge in [0.1, 0.15) is 5.60 Å². The summed E-state index contributed by atoms with van der Waals surface area (Å²) in [5.41, 5.74) is 2.67. The predicted octanol–water partition coefficient (Wildman–Crippen LogP) is 0.696. The molecule has 1 unspecified atom stereocenters. The number of hydrogen-bond donors (Lipinski definition) is 1. The van der Waals surface area contributed by atoms with Gasteiger partial charge in [0.25, 0.3) is 0 Å². The lowest BCUT2D eigenvalue weighted by atomic mass is 9.75. The first-order valence-corrected chi connectivity index (χ1v) is 6.67. The van der Waals surface area contributed by atoms with Crippen molar-refractivity contribution in [1.82, 2.24) is 20.3 Å². The first kappa shape index (κ1) is 11.2. The molecule has 5 rings (SSSR count). The number of aromatic nitrogens is 2. The molecule has 0 radical (unpaired) electrons. The molecule has 1 spiro atoms. The van der Waals surface area contributed by atoms with Gasteiger partial charge in [0.15, 0.2) is 0 Å². The van der Waals surface area contributed by atoms with Crippen LogP contribution in [-0.2, 0) is 4.84 Å². The summed E-state index contributed by atoms with van der Waals surface area (Å²) in [5.74, 6) is 1.67. The van der Waals surface area contributed by atoms with Gasteiger partial charge in [0.2, 0.25) is 11.8 Å². The van der Waals surface area contributed by atoms with Crippen LogP contribution < -0.4 is 10.2 Å². The van der Waals surface area contributed by atoms with Crippen LogP contribution in [0.4, 0.5) is 0 Å². The van der Waals surface area contributed by atoms with E-state index in [9.17, 15) is 0 Å². The quantitative estimate of drug-likeness (QED) is 0.844. The van der Waals surface area contributed by atoms with Crippen molar-refractivity contribution in [3.63, 3.8) is 0 Å². The first-order valence-electron chi connectivity index (χ1n) is 6.67. The maximum atomic E-state index is 5.84.